The van der Waals surface area contributed by atoms with Crippen molar-refractivity contribution < 1.29 is 14.7 Å². The molecule has 7 nitrogen and oxygen atoms in total. The Morgan fingerprint density at radius 1 is 1.47 bits per heavy atom. The summed E-state index contributed by atoms with van der Waals surface area (Å²) < 4.78 is 0. The van der Waals surface area contributed by atoms with Gasteiger partial charge in [-0.15, -0.1) is 0 Å². The molecule has 1 fully saturated rings. The van der Waals surface area contributed by atoms with Gasteiger partial charge in [0, 0.05) is 12.2 Å². The van der Waals surface area contributed by atoms with Gasteiger partial charge < -0.3 is 15.7 Å². The first-order valence-corrected chi connectivity index (χ1v) is 5.46. The Balaban J connectivity index is 1.88. The molecule has 1 saturated carbocycles. The van der Waals surface area contributed by atoms with Crippen LogP contribution in [-0.4, -0.2) is 33.3 Å². The van der Waals surface area contributed by atoms with Crippen molar-refractivity contribution in [3.05, 3.63) is 12.4 Å². The predicted molar refractivity (Wildman–Crippen MR) is 59.5 cm³/mol. The van der Waals surface area contributed by atoms with Crippen LogP contribution in [0.15, 0.2) is 12.4 Å². The fourth-order valence-electron chi connectivity index (χ4n) is 2.08. The zero-order valence-electron chi connectivity index (χ0n) is 9.14. The van der Waals surface area contributed by atoms with Crippen LogP contribution in [-0.2, 0) is 4.79 Å². The van der Waals surface area contributed by atoms with E-state index in [0.29, 0.717) is 18.5 Å². The lowest BCUT2D eigenvalue weighted by molar-refractivity contribution is -0.142. The summed E-state index contributed by atoms with van der Waals surface area (Å²) in [6.07, 6.45) is 5.17. The van der Waals surface area contributed by atoms with Gasteiger partial charge in [0.25, 0.3) is 0 Å². The zero-order valence-corrected chi connectivity index (χ0v) is 9.14. The quantitative estimate of drug-likeness (QED) is 0.624. The lowest BCUT2D eigenvalue weighted by Crippen LogP contribution is -2.42. The van der Waals surface area contributed by atoms with E-state index in [0.717, 1.165) is 6.42 Å². The molecule has 2 amide bonds. The first-order valence-electron chi connectivity index (χ1n) is 5.46. The third-order valence-electron chi connectivity index (χ3n) is 2.91. The Hall–Kier alpha value is -2.05. The molecule has 0 saturated heterocycles. The summed E-state index contributed by atoms with van der Waals surface area (Å²) >= 11 is 0. The van der Waals surface area contributed by atoms with Gasteiger partial charge in [-0.1, -0.05) is 6.42 Å². The van der Waals surface area contributed by atoms with Crippen LogP contribution in [0, 0.1) is 5.92 Å². The molecule has 0 aromatic carbocycles. The van der Waals surface area contributed by atoms with Gasteiger partial charge in [0.15, 0.2) is 0 Å². The van der Waals surface area contributed by atoms with E-state index in [1.54, 1.807) is 6.20 Å². The number of rotatable bonds is 3. The number of nitrogens with one attached hydrogen (secondary N) is 3. The normalized spacial score (nSPS) is 23.3. The first kappa shape index (κ1) is 11.4. The Labute approximate surface area is 97.6 Å². The molecule has 0 bridgehead atoms. The van der Waals surface area contributed by atoms with Crippen LogP contribution in [0.2, 0.25) is 0 Å². The van der Waals surface area contributed by atoms with Crippen molar-refractivity contribution in [1.82, 2.24) is 15.5 Å². The van der Waals surface area contributed by atoms with Crippen LogP contribution in [0.4, 0.5) is 10.5 Å². The SMILES string of the molecule is O=C(Nc1cn[nH]c1)NC1CCCC1C(=O)O. The minimum absolute atomic E-state index is 0.292. The fourth-order valence-corrected chi connectivity index (χ4v) is 2.08. The van der Waals surface area contributed by atoms with E-state index in [9.17, 15) is 9.59 Å². The number of carbonyl (C=O) groups is 2. The Bertz CT molecular complexity index is 404. The number of nitrogens with zero attached hydrogens (tertiary/aromatic N) is 1. The highest BCUT2D eigenvalue weighted by atomic mass is 16.4. The largest absolute Gasteiger partial charge is 0.481 e. The zero-order chi connectivity index (χ0) is 12.3. The van der Waals surface area contributed by atoms with Crippen LogP contribution in [0.1, 0.15) is 19.3 Å². The van der Waals surface area contributed by atoms with Gasteiger partial charge in [-0.2, -0.15) is 5.10 Å². The van der Waals surface area contributed by atoms with Crippen LogP contribution in [0.25, 0.3) is 0 Å². The standard InChI is InChI=1S/C10H14N4O3/c15-9(16)7-2-1-3-8(7)14-10(17)13-6-4-11-12-5-6/h4-5,7-8H,1-3H2,(H,11,12)(H,15,16)(H2,13,14,17). The number of carbonyl (C=O) groups excluding carboxylic acids is 1. The van der Waals surface area contributed by atoms with Gasteiger partial charge >= 0.3 is 12.0 Å². The van der Waals surface area contributed by atoms with E-state index >= 15 is 0 Å². The molecular weight excluding hydrogens is 224 g/mol. The van der Waals surface area contributed by atoms with E-state index in [4.69, 9.17) is 5.11 Å². The van der Waals surface area contributed by atoms with Crippen LogP contribution >= 0.6 is 0 Å². The second kappa shape index (κ2) is 4.86. The number of carboxylic acid groups (broad SMARTS) is 1. The molecule has 2 unspecified atom stereocenters. The van der Waals surface area contributed by atoms with E-state index in [1.165, 1.54) is 6.20 Å². The summed E-state index contributed by atoms with van der Waals surface area (Å²) in [5, 5.41) is 20.5. The summed E-state index contributed by atoms with van der Waals surface area (Å²) in [4.78, 5) is 22.5. The Morgan fingerprint density at radius 3 is 2.94 bits per heavy atom. The highest BCUT2D eigenvalue weighted by Crippen LogP contribution is 2.25. The molecular formula is C10H14N4O3. The van der Waals surface area contributed by atoms with Gasteiger partial charge in [-0.3, -0.25) is 9.89 Å². The van der Waals surface area contributed by atoms with Gasteiger partial charge in [-0.25, -0.2) is 4.79 Å². The molecule has 1 aliphatic rings. The van der Waals surface area contributed by atoms with Crippen LogP contribution < -0.4 is 10.6 Å². The molecule has 4 N–H and O–H groups in total. The summed E-state index contributed by atoms with van der Waals surface area (Å²) in [6.45, 7) is 0. The molecule has 2 rings (SSSR count). The molecule has 7 heteroatoms. The van der Waals surface area contributed by atoms with Crippen LogP contribution in [0.5, 0.6) is 0 Å². The first-order chi connectivity index (χ1) is 8.16. The topological polar surface area (TPSA) is 107 Å². The maximum Gasteiger partial charge on any atom is 0.319 e. The number of urea groups is 1. The minimum atomic E-state index is -0.851. The predicted octanol–water partition coefficient (Wildman–Crippen LogP) is 0.784. The fraction of sp³-hybridized carbons (Fsp3) is 0.500. The number of aromatic nitrogens is 2. The third-order valence-corrected chi connectivity index (χ3v) is 2.91. The van der Waals surface area contributed by atoms with Crippen molar-refractivity contribution in [2.45, 2.75) is 25.3 Å². The number of H-pyrrole nitrogens is 1. The molecule has 17 heavy (non-hydrogen) atoms. The molecule has 0 aliphatic heterocycles. The highest BCUT2D eigenvalue weighted by molar-refractivity contribution is 5.89. The van der Waals surface area contributed by atoms with Crippen molar-refractivity contribution in [1.29, 1.82) is 0 Å². The number of aliphatic carboxylic acids is 1. The van der Waals surface area contributed by atoms with Crippen molar-refractivity contribution in [3.63, 3.8) is 0 Å². The summed E-state index contributed by atoms with van der Waals surface area (Å²) in [5.74, 6) is -1.33. The summed E-state index contributed by atoms with van der Waals surface area (Å²) in [5.41, 5.74) is 0.548. The average Bonchev–Trinajstić information content (AvgIpc) is 2.88. The average molecular weight is 238 g/mol. The number of amides is 2. The van der Waals surface area contributed by atoms with Gasteiger partial charge in [0.05, 0.1) is 17.8 Å². The molecule has 0 radical (unpaired) electrons. The molecule has 1 heterocycles. The third kappa shape index (κ3) is 2.74. The number of anilines is 1. The second-order valence-corrected chi connectivity index (χ2v) is 4.07. The van der Waals surface area contributed by atoms with Crippen molar-refractivity contribution in [3.8, 4) is 0 Å². The highest BCUT2D eigenvalue weighted by Gasteiger charge is 2.33. The Kier molecular flexibility index (Phi) is 3.27. The maximum absolute atomic E-state index is 11.6. The van der Waals surface area contributed by atoms with E-state index in [2.05, 4.69) is 20.8 Å². The number of hydrogen-bond acceptors (Lipinski definition) is 3. The lowest BCUT2D eigenvalue weighted by Gasteiger charge is -2.17. The summed E-state index contributed by atoms with van der Waals surface area (Å²) in [7, 11) is 0. The monoisotopic (exact) mass is 238 g/mol. The van der Waals surface area contributed by atoms with E-state index in [1.807, 2.05) is 0 Å². The van der Waals surface area contributed by atoms with E-state index in [-0.39, 0.29) is 6.04 Å². The van der Waals surface area contributed by atoms with Crippen molar-refractivity contribution in [2.75, 3.05) is 5.32 Å². The molecule has 1 aliphatic carbocycles. The number of aromatic amines is 1. The van der Waals surface area contributed by atoms with Gasteiger partial charge in [0.1, 0.15) is 0 Å². The van der Waals surface area contributed by atoms with Crippen molar-refractivity contribution in [2.24, 2.45) is 5.92 Å². The molecule has 92 valence electrons. The van der Waals surface area contributed by atoms with Crippen molar-refractivity contribution >= 4 is 17.7 Å². The Morgan fingerprint density at radius 2 is 2.29 bits per heavy atom. The van der Waals surface area contributed by atoms with Gasteiger partial charge in [0.2, 0.25) is 0 Å². The molecule has 0 spiro atoms. The van der Waals surface area contributed by atoms with Gasteiger partial charge in [-0.05, 0) is 12.8 Å². The molecule has 1 aromatic heterocycles. The molecule has 1 aromatic rings. The minimum Gasteiger partial charge on any atom is -0.481 e. The number of hydrogen-bond donors (Lipinski definition) is 4. The second-order valence-electron chi connectivity index (χ2n) is 4.07. The maximum atomic E-state index is 11.6. The summed E-state index contributed by atoms with van der Waals surface area (Å²) in [6, 6.07) is -0.691. The van der Waals surface area contributed by atoms with Crippen LogP contribution in [0.3, 0.4) is 0 Å². The van der Waals surface area contributed by atoms with E-state index < -0.39 is 17.9 Å². The lowest BCUT2D eigenvalue weighted by atomic mass is 10.0. The smallest absolute Gasteiger partial charge is 0.319 e. The number of carboxylic acids is 1. The molecule has 2 atom stereocenters.